The second-order valence-electron chi connectivity index (χ2n) is 4.23. The van der Waals surface area contributed by atoms with Crippen molar-refractivity contribution < 1.29 is 17.9 Å². The van der Waals surface area contributed by atoms with Crippen molar-refractivity contribution in [3.63, 3.8) is 0 Å². The first kappa shape index (κ1) is 9.96. The normalized spacial score (nSPS) is 26.9. The molecule has 0 spiro atoms. The number of rotatable bonds is 1. The molecule has 1 N–H and O–H groups in total. The van der Waals surface area contributed by atoms with Crippen LogP contribution in [0.2, 0.25) is 0 Å². The first-order chi connectivity index (χ1) is 7.53. The summed E-state index contributed by atoms with van der Waals surface area (Å²) in [4.78, 5) is 0. The maximum atomic E-state index is 12.0. The number of hydrogen-bond donors (Lipinski definition) is 1. The van der Waals surface area contributed by atoms with Gasteiger partial charge in [-0.25, -0.2) is 0 Å². The van der Waals surface area contributed by atoms with Crippen LogP contribution in [0.25, 0.3) is 0 Å². The van der Waals surface area contributed by atoms with E-state index in [9.17, 15) is 13.2 Å². The van der Waals surface area contributed by atoms with Crippen LogP contribution in [0.5, 0.6) is 5.75 Å². The van der Waals surface area contributed by atoms with Crippen molar-refractivity contribution in [3.8, 4) is 5.75 Å². The molecule has 2 aliphatic rings. The van der Waals surface area contributed by atoms with E-state index in [2.05, 4.69) is 10.1 Å². The van der Waals surface area contributed by atoms with Crippen molar-refractivity contribution in [1.82, 2.24) is 5.32 Å². The SMILES string of the molecule is FC(F)(F)Oc1ccc2c(c1)C1CNC2C1. The number of hydrogen-bond acceptors (Lipinski definition) is 2. The molecule has 0 aromatic heterocycles. The molecule has 1 fully saturated rings. The highest BCUT2D eigenvalue weighted by Crippen LogP contribution is 2.46. The standard InChI is InChI=1S/C11H10F3NO/c12-11(13,14)16-7-1-2-8-9(4-7)6-3-10(8)15-5-6/h1-2,4,6,10,15H,3,5H2. The van der Waals surface area contributed by atoms with Gasteiger partial charge in [0.2, 0.25) is 0 Å². The van der Waals surface area contributed by atoms with Crippen LogP contribution < -0.4 is 10.1 Å². The quantitative estimate of drug-likeness (QED) is 0.799. The lowest BCUT2D eigenvalue weighted by Crippen LogP contribution is -2.20. The van der Waals surface area contributed by atoms with Crippen LogP contribution >= 0.6 is 0 Å². The van der Waals surface area contributed by atoms with Gasteiger partial charge in [-0.1, -0.05) is 6.07 Å². The van der Waals surface area contributed by atoms with E-state index in [4.69, 9.17) is 0 Å². The fourth-order valence-corrected chi connectivity index (χ4v) is 2.63. The van der Waals surface area contributed by atoms with Gasteiger partial charge in [-0.15, -0.1) is 13.2 Å². The fraction of sp³-hybridized carbons (Fsp3) is 0.455. The molecule has 0 radical (unpaired) electrons. The zero-order valence-electron chi connectivity index (χ0n) is 8.34. The Morgan fingerprint density at radius 1 is 1.25 bits per heavy atom. The molecule has 2 unspecified atom stereocenters. The predicted octanol–water partition coefficient (Wildman–Crippen LogP) is 2.72. The van der Waals surface area contributed by atoms with E-state index in [0.717, 1.165) is 24.1 Å². The van der Waals surface area contributed by atoms with Crippen LogP contribution in [0.1, 0.15) is 29.5 Å². The maximum Gasteiger partial charge on any atom is 0.573 e. The van der Waals surface area contributed by atoms with Crippen LogP contribution in [0, 0.1) is 0 Å². The third-order valence-electron chi connectivity index (χ3n) is 3.24. The van der Waals surface area contributed by atoms with Crippen molar-refractivity contribution in [3.05, 3.63) is 29.3 Å². The van der Waals surface area contributed by atoms with Crippen LogP contribution in [-0.2, 0) is 0 Å². The van der Waals surface area contributed by atoms with Gasteiger partial charge in [0, 0.05) is 12.6 Å². The van der Waals surface area contributed by atoms with E-state index in [1.165, 1.54) is 12.1 Å². The van der Waals surface area contributed by atoms with Crippen LogP contribution in [0.4, 0.5) is 13.2 Å². The molecule has 0 saturated carbocycles. The summed E-state index contributed by atoms with van der Waals surface area (Å²) >= 11 is 0. The van der Waals surface area contributed by atoms with Gasteiger partial charge in [-0.3, -0.25) is 0 Å². The van der Waals surface area contributed by atoms with Gasteiger partial charge < -0.3 is 10.1 Å². The average molecular weight is 229 g/mol. The Morgan fingerprint density at radius 2 is 2.06 bits per heavy atom. The Bertz CT molecular complexity index is 430. The minimum absolute atomic E-state index is 0.112. The van der Waals surface area contributed by atoms with Gasteiger partial charge in [-0.2, -0.15) is 0 Å². The average Bonchev–Trinajstić information content (AvgIpc) is 2.75. The largest absolute Gasteiger partial charge is 0.573 e. The number of ether oxygens (including phenoxy) is 1. The highest BCUT2D eigenvalue weighted by Gasteiger charge is 2.37. The zero-order valence-corrected chi connectivity index (χ0v) is 8.34. The Balaban J connectivity index is 1.92. The minimum Gasteiger partial charge on any atom is -0.406 e. The van der Waals surface area contributed by atoms with Gasteiger partial charge >= 0.3 is 6.36 Å². The van der Waals surface area contributed by atoms with Crippen molar-refractivity contribution in [1.29, 1.82) is 0 Å². The van der Waals surface area contributed by atoms with Gasteiger partial charge in [-0.05, 0) is 35.6 Å². The predicted molar refractivity (Wildman–Crippen MR) is 51.2 cm³/mol. The summed E-state index contributed by atoms with van der Waals surface area (Å²) in [5.74, 6) is 0.232. The van der Waals surface area contributed by atoms with Crippen LogP contribution in [-0.4, -0.2) is 12.9 Å². The molecule has 3 rings (SSSR count). The number of benzene rings is 1. The number of halogens is 3. The van der Waals surface area contributed by atoms with Crippen molar-refractivity contribution >= 4 is 0 Å². The first-order valence-corrected chi connectivity index (χ1v) is 5.16. The van der Waals surface area contributed by atoms with Gasteiger partial charge in [0.15, 0.2) is 0 Å². The first-order valence-electron chi connectivity index (χ1n) is 5.16. The van der Waals surface area contributed by atoms with Gasteiger partial charge in [0.05, 0.1) is 0 Å². The summed E-state index contributed by atoms with van der Waals surface area (Å²) in [6.45, 7) is 0.854. The number of fused-ring (bicyclic) bond motifs is 5. The molecule has 86 valence electrons. The lowest BCUT2D eigenvalue weighted by Gasteiger charge is -2.17. The summed E-state index contributed by atoms with van der Waals surface area (Å²) in [6.07, 6.45) is -3.62. The van der Waals surface area contributed by atoms with E-state index >= 15 is 0 Å². The summed E-state index contributed by atoms with van der Waals surface area (Å²) in [6, 6.07) is 4.95. The summed E-state index contributed by atoms with van der Waals surface area (Å²) in [7, 11) is 0. The van der Waals surface area contributed by atoms with Crippen molar-refractivity contribution in [2.24, 2.45) is 0 Å². The Labute approximate surface area is 90.4 Å². The van der Waals surface area contributed by atoms with E-state index < -0.39 is 6.36 Å². The topological polar surface area (TPSA) is 21.3 Å². The molecule has 1 heterocycles. The number of nitrogens with one attached hydrogen (secondary N) is 1. The monoisotopic (exact) mass is 229 g/mol. The second kappa shape index (κ2) is 3.13. The molecule has 2 atom stereocenters. The van der Waals surface area contributed by atoms with E-state index in [-0.39, 0.29) is 5.75 Å². The molecule has 2 bridgehead atoms. The lowest BCUT2D eigenvalue weighted by molar-refractivity contribution is -0.274. The molecule has 1 saturated heterocycles. The second-order valence-corrected chi connectivity index (χ2v) is 4.23. The molecular weight excluding hydrogens is 219 g/mol. The molecule has 1 aliphatic carbocycles. The molecule has 1 aromatic rings. The Morgan fingerprint density at radius 3 is 2.81 bits per heavy atom. The molecule has 16 heavy (non-hydrogen) atoms. The maximum absolute atomic E-state index is 12.0. The van der Waals surface area contributed by atoms with Gasteiger partial charge in [0.1, 0.15) is 5.75 Å². The van der Waals surface area contributed by atoms with Crippen molar-refractivity contribution in [2.45, 2.75) is 24.7 Å². The third-order valence-corrected chi connectivity index (χ3v) is 3.24. The minimum atomic E-state index is -4.61. The van der Waals surface area contributed by atoms with E-state index in [1.54, 1.807) is 6.07 Å². The summed E-state index contributed by atoms with van der Waals surface area (Å²) in [5, 5.41) is 3.32. The van der Waals surface area contributed by atoms with Crippen LogP contribution in [0.15, 0.2) is 18.2 Å². The van der Waals surface area contributed by atoms with Gasteiger partial charge in [0.25, 0.3) is 0 Å². The fourth-order valence-electron chi connectivity index (χ4n) is 2.63. The van der Waals surface area contributed by atoms with Crippen LogP contribution in [0.3, 0.4) is 0 Å². The summed E-state index contributed by atoms with van der Waals surface area (Å²) < 4.78 is 40.1. The molecule has 2 nitrogen and oxygen atoms in total. The highest BCUT2D eigenvalue weighted by molar-refractivity contribution is 5.45. The molecule has 0 amide bonds. The Hall–Kier alpha value is -1.23. The Kier molecular flexibility index (Phi) is 1.95. The zero-order chi connectivity index (χ0) is 11.3. The third kappa shape index (κ3) is 1.55. The van der Waals surface area contributed by atoms with E-state index in [1.807, 2.05) is 0 Å². The smallest absolute Gasteiger partial charge is 0.406 e. The molecule has 1 aliphatic heterocycles. The summed E-state index contributed by atoms with van der Waals surface area (Å²) in [5.41, 5.74) is 2.12. The molecular formula is C11H10F3NO. The van der Waals surface area contributed by atoms with E-state index in [0.29, 0.717) is 12.0 Å². The highest BCUT2D eigenvalue weighted by atomic mass is 19.4. The lowest BCUT2D eigenvalue weighted by atomic mass is 10.00. The number of alkyl halides is 3. The molecule has 1 aromatic carbocycles. The van der Waals surface area contributed by atoms with Crippen molar-refractivity contribution in [2.75, 3.05) is 6.54 Å². The molecule has 5 heteroatoms.